The molecule has 1 atom stereocenters. The molecule has 0 saturated heterocycles. The molecule has 0 aliphatic carbocycles. The monoisotopic (exact) mass is 418 g/mol. The highest BCUT2D eigenvalue weighted by Crippen LogP contribution is 2.44. The number of nitrogens with one attached hydrogen (secondary N) is 1. The molecule has 150 valence electrons. The number of Topliss-reactive ketones (excluding diaryl/α,β-unsaturated/α-hetero) is 1. The molecule has 6 nitrogen and oxygen atoms in total. The molecule has 5 rings (SSSR count). The number of aryl methyl sites for hydroxylation is 1. The fourth-order valence-corrected chi connectivity index (χ4v) is 4.79. The van der Waals surface area contributed by atoms with E-state index in [9.17, 15) is 14.7 Å². The molecule has 2 N–H and O–H groups in total. The van der Waals surface area contributed by atoms with Gasteiger partial charge in [-0.15, -0.1) is 11.3 Å². The molecule has 4 aromatic rings. The van der Waals surface area contributed by atoms with Gasteiger partial charge in [-0.1, -0.05) is 24.3 Å². The zero-order chi connectivity index (χ0) is 20.8. The average Bonchev–Trinajstić information content (AvgIpc) is 3.52. The number of hydrogen-bond acceptors (Lipinski definition) is 5. The van der Waals surface area contributed by atoms with E-state index in [1.165, 1.54) is 22.5 Å². The van der Waals surface area contributed by atoms with Crippen LogP contribution in [0.2, 0.25) is 0 Å². The van der Waals surface area contributed by atoms with Crippen molar-refractivity contribution >= 4 is 33.9 Å². The molecule has 0 radical (unpaired) electrons. The number of carbonyl (C=O) groups excluding carboxylic acids is 2. The minimum Gasteiger partial charge on any atom is -0.503 e. The van der Waals surface area contributed by atoms with Crippen LogP contribution in [0, 0.1) is 6.92 Å². The summed E-state index contributed by atoms with van der Waals surface area (Å²) in [6.45, 7) is 2.05. The van der Waals surface area contributed by atoms with E-state index >= 15 is 0 Å². The van der Waals surface area contributed by atoms with E-state index in [0.717, 1.165) is 22.2 Å². The SMILES string of the molecule is Cc1[nH]c2ccccc2c1C1C(C(=O)c2cccs2)=C(O)C(=O)N1Cc1ccco1. The van der Waals surface area contributed by atoms with Gasteiger partial charge in [0.2, 0.25) is 5.78 Å². The summed E-state index contributed by atoms with van der Waals surface area (Å²) < 4.78 is 5.45. The Kier molecular flexibility index (Phi) is 4.33. The highest BCUT2D eigenvalue weighted by Gasteiger charge is 2.45. The minimum atomic E-state index is -0.728. The molecule has 1 unspecified atom stereocenters. The Balaban J connectivity index is 1.71. The Morgan fingerprint density at radius 2 is 2.03 bits per heavy atom. The van der Waals surface area contributed by atoms with Crippen LogP contribution >= 0.6 is 11.3 Å². The number of carbonyl (C=O) groups is 2. The lowest BCUT2D eigenvalue weighted by molar-refractivity contribution is -0.130. The van der Waals surface area contributed by atoms with E-state index in [4.69, 9.17) is 4.42 Å². The Hall–Kier alpha value is -3.58. The van der Waals surface area contributed by atoms with Gasteiger partial charge in [0.15, 0.2) is 5.76 Å². The molecule has 30 heavy (non-hydrogen) atoms. The molecule has 4 heterocycles. The summed E-state index contributed by atoms with van der Waals surface area (Å²) in [6, 6.07) is 14.0. The number of thiophene rings is 1. The molecule has 0 saturated carbocycles. The van der Waals surface area contributed by atoms with Crippen molar-refractivity contribution in [1.82, 2.24) is 9.88 Å². The fraction of sp³-hybridized carbons (Fsp3) is 0.130. The maximum atomic E-state index is 13.3. The van der Waals surface area contributed by atoms with Crippen molar-refractivity contribution in [2.24, 2.45) is 0 Å². The number of rotatable bonds is 5. The van der Waals surface area contributed by atoms with Crippen LogP contribution in [-0.2, 0) is 11.3 Å². The number of amides is 1. The number of aromatic nitrogens is 1. The second-order valence-electron chi connectivity index (χ2n) is 7.19. The Morgan fingerprint density at radius 1 is 1.20 bits per heavy atom. The van der Waals surface area contributed by atoms with Gasteiger partial charge in [-0.3, -0.25) is 9.59 Å². The van der Waals surface area contributed by atoms with E-state index in [2.05, 4.69) is 4.98 Å². The molecule has 0 spiro atoms. The van der Waals surface area contributed by atoms with E-state index in [0.29, 0.717) is 10.6 Å². The zero-order valence-electron chi connectivity index (χ0n) is 16.1. The molecule has 0 fully saturated rings. The van der Waals surface area contributed by atoms with Crippen LogP contribution in [0.4, 0.5) is 0 Å². The molecule has 1 aliphatic rings. The zero-order valence-corrected chi connectivity index (χ0v) is 16.9. The van der Waals surface area contributed by atoms with Gasteiger partial charge in [-0.2, -0.15) is 0 Å². The quantitative estimate of drug-likeness (QED) is 0.451. The summed E-state index contributed by atoms with van der Waals surface area (Å²) in [7, 11) is 0. The molecular formula is C23H18N2O4S. The van der Waals surface area contributed by atoms with Crippen molar-refractivity contribution in [1.29, 1.82) is 0 Å². The van der Waals surface area contributed by atoms with E-state index in [1.54, 1.807) is 29.6 Å². The summed E-state index contributed by atoms with van der Waals surface area (Å²) in [4.78, 5) is 31.7. The van der Waals surface area contributed by atoms with E-state index in [1.807, 2.05) is 31.2 Å². The molecule has 1 aliphatic heterocycles. The van der Waals surface area contributed by atoms with Crippen molar-refractivity contribution in [2.45, 2.75) is 19.5 Å². The van der Waals surface area contributed by atoms with Crippen molar-refractivity contribution in [3.8, 4) is 0 Å². The van der Waals surface area contributed by atoms with Gasteiger partial charge in [-0.25, -0.2) is 0 Å². The second-order valence-corrected chi connectivity index (χ2v) is 8.14. The van der Waals surface area contributed by atoms with Gasteiger partial charge in [0, 0.05) is 22.2 Å². The third kappa shape index (κ3) is 2.78. The maximum absolute atomic E-state index is 13.3. The van der Waals surface area contributed by atoms with Gasteiger partial charge in [0.05, 0.1) is 29.3 Å². The predicted octanol–water partition coefficient (Wildman–Crippen LogP) is 4.91. The van der Waals surface area contributed by atoms with Gasteiger partial charge in [0.1, 0.15) is 5.76 Å². The van der Waals surface area contributed by atoms with Crippen LogP contribution in [0.15, 0.2) is 75.9 Å². The van der Waals surface area contributed by atoms with Crippen LogP contribution < -0.4 is 0 Å². The number of hydrogen-bond donors (Lipinski definition) is 2. The van der Waals surface area contributed by atoms with Crippen molar-refractivity contribution < 1.29 is 19.1 Å². The minimum absolute atomic E-state index is 0.0989. The molecule has 1 aromatic carbocycles. The van der Waals surface area contributed by atoms with Gasteiger partial charge in [0.25, 0.3) is 5.91 Å². The third-order valence-electron chi connectivity index (χ3n) is 5.42. The van der Waals surface area contributed by atoms with Crippen LogP contribution in [0.3, 0.4) is 0 Å². The van der Waals surface area contributed by atoms with E-state index < -0.39 is 17.7 Å². The fourth-order valence-electron chi connectivity index (χ4n) is 4.11. The number of fused-ring (bicyclic) bond motifs is 1. The van der Waals surface area contributed by atoms with Crippen molar-refractivity contribution in [2.75, 3.05) is 0 Å². The summed E-state index contributed by atoms with van der Waals surface area (Å²) >= 11 is 1.28. The second kappa shape index (κ2) is 7.03. The highest BCUT2D eigenvalue weighted by atomic mass is 32.1. The third-order valence-corrected chi connectivity index (χ3v) is 6.29. The lowest BCUT2D eigenvalue weighted by atomic mass is 9.93. The molecule has 1 amide bonds. The molecule has 0 bridgehead atoms. The Labute approximate surface area is 176 Å². The van der Waals surface area contributed by atoms with Crippen LogP contribution in [0.5, 0.6) is 0 Å². The first-order valence-corrected chi connectivity index (χ1v) is 10.4. The van der Waals surface area contributed by atoms with Gasteiger partial charge >= 0.3 is 0 Å². The van der Waals surface area contributed by atoms with Gasteiger partial charge in [-0.05, 0) is 36.6 Å². The molecule has 3 aromatic heterocycles. The van der Waals surface area contributed by atoms with Crippen molar-refractivity contribution in [3.63, 3.8) is 0 Å². The topological polar surface area (TPSA) is 86.5 Å². The number of aliphatic hydroxyl groups is 1. The largest absolute Gasteiger partial charge is 0.503 e. The summed E-state index contributed by atoms with van der Waals surface area (Å²) in [5.41, 5.74) is 2.64. The van der Waals surface area contributed by atoms with Gasteiger partial charge < -0.3 is 19.4 Å². The maximum Gasteiger partial charge on any atom is 0.290 e. The number of H-pyrrole nitrogens is 1. The number of ketones is 1. The van der Waals surface area contributed by atoms with Crippen molar-refractivity contribution in [3.05, 3.63) is 93.4 Å². The summed E-state index contributed by atoms with van der Waals surface area (Å²) in [5.74, 6) is -0.855. The Bertz CT molecular complexity index is 1280. The number of aromatic amines is 1. The molecular weight excluding hydrogens is 400 g/mol. The first-order chi connectivity index (χ1) is 14.6. The Morgan fingerprint density at radius 3 is 2.77 bits per heavy atom. The molecule has 7 heteroatoms. The highest BCUT2D eigenvalue weighted by molar-refractivity contribution is 7.12. The predicted molar refractivity (Wildman–Crippen MR) is 113 cm³/mol. The van der Waals surface area contributed by atoms with Crippen LogP contribution in [-0.4, -0.2) is 26.7 Å². The lowest BCUT2D eigenvalue weighted by Gasteiger charge is -2.26. The average molecular weight is 418 g/mol. The van der Waals surface area contributed by atoms with E-state index in [-0.39, 0.29) is 17.9 Å². The lowest BCUT2D eigenvalue weighted by Crippen LogP contribution is -2.30. The summed E-state index contributed by atoms with van der Waals surface area (Å²) in [6.07, 6.45) is 1.53. The normalized spacial score (nSPS) is 16.8. The standard InChI is InChI=1S/C23H18N2O4S/c1-13-18(15-7-2-3-8-16(15)24-13)20-19(21(26)17-9-5-11-30-17)22(27)23(28)25(20)12-14-6-4-10-29-14/h2-11,20,24,27H,12H2,1H3. The first kappa shape index (κ1) is 18.4. The number of para-hydroxylation sites is 1. The number of furan rings is 1. The van der Waals surface area contributed by atoms with Crippen LogP contribution in [0.25, 0.3) is 10.9 Å². The summed E-state index contributed by atoms with van der Waals surface area (Å²) in [5, 5.41) is 13.5. The number of aliphatic hydroxyl groups excluding tert-OH is 1. The first-order valence-electron chi connectivity index (χ1n) is 9.48. The smallest absolute Gasteiger partial charge is 0.290 e. The number of nitrogens with zero attached hydrogens (tertiary/aromatic N) is 1. The van der Waals surface area contributed by atoms with Crippen LogP contribution in [0.1, 0.15) is 32.7 Å². The number of benzene rings is 1.